The van der Waals surface area contributed by atoms with Crippen molar-refractivity contribution in [2.75, 3.05) is 7.11 Å². The van der Waals surface area contributed by atoms with E-state index in [0.717, 1.165) is 0 Å². The van der Waals surface area contributed by atoms with Gasteiger partial charge < -0.3 is 9.84 Å². The van der Waals surface area contributed by atoms with Gasteiger partial charge >= 0.3 is 11.9 Å². The van der Waals surface area contributed by atoms with Gasteiger partial charge in [-0.1, -0.05) is 0 Å². The van der Waals surface area contributed by atoms with Gasteiger partial charge in [-0.05, 0) is 13.8 Å². The van der Waals surface area contributed by atoms with Crippen molar-refractivity contribution in [1.82, 2.24) is 9.78 Å². The summed E-state index contributed by atoms with van der Waals surface area (Å²) in [5.41, 5.74) is 1.20. The van der Waals surface area contributed by atoms with Crippen LogP contribution in [0.2, 0.25) is 0 Å². The lowest BCUT2D eigenvalue weighted by molar-refractivity contribution is -0.140. The smallest absolute Gasteiger partial charge is 0.339 e. The topological polar surface area (TPSA) is 81.4 Å². The Balaban J connectivity index is 2.87. The molecule has 1 aromatic heterocycles. The first-order chi connectivity index (χ1) is 7.47. The zero-order chi connectivity index (χ0) is 12.3. The van der Waals surface area contributed by atoms with Crippen LogP contribution in [0.3, 0.4) is 0 Å². The predicted octanol–water partition coefficient (Wildman–Crippen LogP) is 0.761. The van der Waals surface area contributed by atoms with Crippen LogP contribution in [-0.4, -0.2) is 33.9 Å². The fraction of sp³-hybridized carbons (Fsp3) is 0.500. The fourth-order valence-corrected chi connectivity index (χ4v) is 1.52. The number of methoxy groups -OCH3 is 1. The van der Waals surface area contributed by atoms with E-state index in [0.29, 0.717) is 17.9 Å². The molecule has 1 heterocycles. The van der Waals surface area contributed by atoms with Gasteiger partial charge in [-0.2, -0.15) is 5.10 Å². The maximum absolute atomic E-state index is 10.9. The number of carbonyl (C=O) groups excluding carboxylic acids is 1. The van der Waals surface area contributed by atoms with Crippen molar-refractivity contribution in [3.63, 3.8) is 0 Å². The highest BCUT2D eigenvalue weighted by Gasteiger charge is 2.17. The Bertz CT molecular complexity index is 423. The quantitative estimate of drug-likeness (QED) is 0.766. The van der Waals surface area contributed by atoms with Crippen LogP contribution in [0.15, 0.2) is 0 Å². The van der Waals surface area contributed by atoms with Crippen LogP contribution >= 0.6 is 0 Å². The lowest BCUT2D eigenvalue weighted by Crippen LogP contribution is -2.10. The van der Waals surface area contributed by atoms with Gasteiger partial charge in [0.1, 0.15) is 5.56 Å². The van der Waals surface area contributed by atoms with Gasteiger partial charge in [0.25, 0.3) is 0 Å². The van der Waals surface area contributed by atoms with E-state index < -0.39 is 5.97 Å². The summed E-state index contributed by atoms with van der Waals surface area (Å²) in [6.07, 6.45) is 0.178. The average molecular weight is 226 g/mol. The number of hydrogen-bond acceptors (Lipinski definition) is 4. The number of carboxylic acids is 1. The number of nitrogens with zero attached hydrogens (tertiary/aromatic N) is 2. The highest BCUT2D eigenvalue weighted by molar-refractivity contribution is 5.90. The van der Waals surface area contributed by atoms with E-state index >= 15 is 0 Å². The second-order valence-electron chi connectivity index (χ2n) is 3.40. The Kier molecular flexibility index (Phi) is 3.65. The summed E-state index contributed by atoms with van der Waals surface area (Å²) in [7, 11) is 1.31. The number of aromatic nitrogens is 2. The van der Waals surface area contributed by atoms with Crippen LogP contribution in [0.4, 0.5) is 0 Å². The van der Waals surface area contributed by atoms with Gasteiger partial charge in [-0.15, -0.1) is 0 Å². The second-order valence-corrected chi connectivity index (χ2v) is 3.40. The average Bonchev–Trinajstić information content (AvgIpc) is 2.50. The molecule has 0 aliphatic rings. The maximum Gasteiger partial charge on any atom is 0.339 e. The largest absolute Gasteiger partial charge is 0.478 e. The third kappa shape index (κ3) is 2.39. The van der Waals surface area contributed by atoms with Crippen molar-refractivity contribution in [2.24, 2.45) is 0 Å². The summed E-state index contributed by atoms with van der Waals surface area (Å²) in [6.45, 7) is 3.62. The molecular formula is C10H14N2O4. The van der Waals surface area contributed by atoms with E-state index in [4.69, 9.17) is 5.11 Å². The zero-order valence-corrected chi connectivity index (χ0v) is 9.48. The summed E-state index contributed by atoms with van der Waals surface area (Å²) in [5, 5.41) is 13.0. The molecular weight excluding hydrogens is 212 g/mol. The molecule has 1 N–H and O–H groups in total. The maximum atomic E-state index is 10.9. The van der Waals surface area contributed by atoms with E-state index in [9.17, 15) is 9.59 Å². The Hall–Kier alpha value is -1.85. The van der Waals surface area contributed by atoms with Crippen molar-refractivity contribution in [3.8, 4) is 0 Å². The third-order valence-electron chi connectivity index (χ3n) is 2.35. The third-order valence-corrected chi connectivity index (χ3v) is 2.35. The van der Waals surface area contributed by atoms with E-state index in [1.807, 2.05) is 0 Å². The molecule has 0 saturated carbocycles. The minimum absolute atomic E-state index is 0.178. The van der Waals surface area contributed by atoms with Gasteiger partial charge in [0.15, 0.2) is 0 Å². The van der Waals surface area contributed by atoms with Gasteiger partial charge in [0.2, 0.25) is 0 Å². The Morgan fingerprint density at radius 3 is 2.50 bits per heavy atom. The lowest BCUT2D eigenvalue weighted by Gasteiger charge is -2.03. The van der Waals surface area contributed by atoms with Crippen LogP contribution in [-0.2, 0) is 16.1 Å². The Labute approximate surface area is 92.8 Å². The van der Waals surface area contributed by atoms with Crippen molar-refractivity contribution < 1.29 is 19.4 Å². The summed E-state index contributed by atoms with van der Waals surface area (Å²) >= 11 is 0. The molecule has 0 aromatic carbocycles. The number of rotatable bonds is 4. The van der Waals surface area contributed by atoms with E-state index in [1.54, 1.807) is 13.8 Å². The minimum Gasteiger partial charge on any atom is -0.478 e. The summed E-state index contributed by atoms with van der Waals surface area (Å²) in [4.78, 5) is 21.8. The van der Waals surface area contributed by atoms with Crippen LogP contribution < -0.4 is 0 Å². The predicted molar refractivity (Wildman–Crippen MR) is 55.3 cm³/mol. The molecule has 1 aromatic rings. The molecule has 0 aliphatic heterocycles. The minimum atomic E-state index is -1.00. The van der Waals surface area contributed by atoms with E-state index in [-0.39, 0.29) is 18.0 Å². The fourth-order valence-electron chi connectivity index (χ4n) is 1.52. The van der Waals surface area contributed by atoms with E-state index in [2.05, 4.69) is 9.84 Å². The van der Waals surface area contributed by atoms with Crippen LogP contribution in [0.1, 0.15) is 28.2 Å². The molecule has 88 valence electrons. The SMILES string of the molecule is COC(=O)CCn1nc(C)c(C(=O)O)c1C. The zero-order valence-electron chi connectivity index (χ0n) is 9.48. The first-order valence-corrected chi connectivity index (χ1v) is 4.81. The van der Waals surface area contributed by atoms with Gasteiger partial charge in [0, 0.05) is 0 Å². The first-order valence-electron chi connectivity index (χ1n) is 4.81. The normalized spacial score (nSPS) is 10.2. The van der Waals surface area contributed by atoms with Crippen LogP contribution in [0.5, 0.6) is 0 Å². The molecule has 0 fully saturated rings. The van der Waals surface area contributed by atoms with E-state index in [1.165, 1.54) is 11.8 Å². The van der Waals surface area contributed by atoms with Gasteiger partial charge in [0.05, 0.1) is 31.5 Å². The molecule has 1 rings (SSSR count). The van der Waals surface area contributed by atoms with Gasteiger partial charge in [-0.3, -0.25) is 9.48 Å². The molecule has 0 atom stereocenters. The molecule has 6 heteroatoms. The number of esters is 1. The first kappa shape index (κ1) is 12.2. The monoisotopic (exact) mass is 226 g/mol. The Morgan fingerprint density at radius 2 is 2.06 bits per heavy atom. The van der Waals surface area contributed by atoms with Crippen LogP contribution in [0.25, 0.3) is 0 Å². The highest BCUT2D eigenvalue weighted by Crippen LogP contribution is 2.13. The number of hydrogen-bond donors (Lipinski definition) is 1. The number of aromatic carboxylic acids is 1. The highest BCUT2D eigenvalue weighted by atomic mass is 16.5. The molecule has 0 radical (unpaired) electrons. The summed E-state index contributed by atoms with van der Waals surface area (Å²) in [6, 6.07) is 0. The van der Waals surface area contributed by atoms with Crippen molar-refractivity contribution in [3.05, 3.63) is 17.0 Å². The Morgan fingerprint density at radius 1 is 1.44 bits per heavy atom. The molecule has 16 heavy (non-hydrogen) atoms. The van der Waals surface area contributed by atoms with Crippen molar-refractivity contribution in [1.29, 1.82) is 0 Å². The van der Waals surface area contributed by atoms with Crippen molar-refractivity contribution >= 4 is 11.9 Å². The second kappa shape index (κ2) is 4.78. The lowest BCUT2D eigenvalue weighted by atomic mass is 10.2. The molecule has 0 aliphatic carbocycles. The number of carbonyl (C=O) groups is 2. The summed E-state index contributed by atoms with van der Waals surface area (Å²) < 4.78 is 6.01. The standard InChI is InChI=1S/C10H14N2O4/c1-6-9(10(14)15)7(2)12(11-6)5-4-8(13)16-3/h4-5H2,1-3H3,(H,14,15). The molecule has 0 saturated heterocycles. The molecule has 0 amide bonds. The molecule has 0 bridgehead atoms. The summed E-state index contributed by atoms with van der Waals surface area (Å²) in [5.74, 6) is -1.34. The van der Waals surface area contributed by atoms with Crippen molar-refractivity contribution in [2.45, 2.75) is 26.8 Å². The molecule has 0 spiro atoms. The number of ether oxygens (including phenoxy) is 1. The van der Waals surface area contributed by atoms with Crippen LogP contribution in [0, 0.1) is 13.8 Å². The van der Waals surface area contributed by atoms with Gasteiger partial charge in [-0.25, -0.2) is 4.79 Å². The number of carboxylic acid groups (broad SMARTS) is 1. The molecule has 6 nitrogen and oxygen atoms in total. The number of aryl methyl sites for hydroxylation is 2. The molecule has 0 unspecified atom stereocenters.